The molecule has 0 saturated carbocycles. The van der Waals surface area contributed by atoms with Crippen LogP contribution in [-0.4, -0.2) is 28.7 Å². The van der Waals surface area contributed by atoms with E-state index in [1.165, 1.54) is 24.8 Å². The van der Waals surface area contributed by atoms with E-state index in [1.54, 1.807) is 12.1 Å². The Balaban J connectivity index is 1.92. The molecule has 0 saturated heterocycles. The van der Waals surface area contributed by atoms with Gasteiger partial charge in [-0.15, -0.1) is 0 Å². The molecule has 2 aromatic rings. The quantitative estimate of drug-likeness (QED) is 0.781. The van der Waals surface area contributed by atoms with Gasteiger partial charge in [0, 0.05) is 6.54 Å². The van der Waals surface area contributed by atoms with E-state index in [2.05, 4.69) is 17.7 Å². The van der Waals surface area contributed by atoms with Crippen LogP contribution >= 0.6 is 0 Å². The molecule has 0 aliphatic rings. The van der Waals surface area contributed by atoms with Crippen molar-refractivity contribution >= 4 is 10.0 Å². The maximum atomic E-state index is 12.2. The Morgan fingerprint density at radius 2 is 1.58 bits per heavy atom. The highest BCUT2D eigenvalue weighted by atomic mass is 32.2. The summed E-state index contributed by atoms with van der Waals surface area (Å²) < 4.78 is 37.7. The molecule has 2 rings (SSSR count). The summed E-state index contributed by atoms with van der Waals surface area (Å²) in [5.74, 6) is 1.39. The number of methoxy groups -OCH3 is 1. The molecule has 0 aliphatic carbocycles. The van der Waals surface area contributed by atoms with Crippen molar-refractivity contribution in [2.24, 2.45) is 0 Å². The summed E-state index contributed by atoms with van der Waals surface area (Å²) in [6.45, 7) is 6.51. The normalized spacial score (nSPS) is 11.3. The molecule has 0 heterocycles. The Morgan fingerprint density at radius 3 is 2.21 bits per heavy atom. The van der Waals surface area contributed by atoms with Gasteiger partial charge in [0.15, 0.2) is 0 Å². The van der Waals surface area contributed by atoms with Crippen molar-refractivity contribution in [2.45, 2.75) is 25.7 Å². The molecule has 130 valence electrons. The van der Waals surface area contributed by atoms with Gasteiger partial charge >= 0.3 is 0 Å². The first-order chi connectivity index (χ1) is 11.3. The summed E-state index contributed by atoms with van der Waals surface area (Å²) in [4.78, 5) is 0.200. The number of benzene rings is 2. The van der Waals surface area contributed by atoms with Crippen LogP contribution in [0, 0.1) is 20.8 Å². The summed E-state index contributed by atoms with van der Waals surface area (Å²) >= 11 is 0. The van der Waals surface area contributed by atoms with E-state index in [9.17, 15) is 8.42 Å². The SMILES string of the molecule is COc1ccc(S(=O)(=O)NCCOc2cc(C)c(C)cc2C)cc1. The second kappa shape index (κ2) is 7.68. The van der Waals surface area contributed by atoms with Gasteiger partial charge in [-0.3, -0.25) is 0 Å². The minimum Gasteiger partial charge on any atom is -0.497 e. The van der Waals surface area contributed by atoms with E-state index >= 15 is 0 Å². The highest BCUT2D eigenvalue weighted by Crippen LogP contribution is 2.22. The van der Waals surface area contributed by atoms with E-state index < -0.39 is 10.0 Å². The molecule has 0 fully saturated rings. The smallest absolute Gasteiger partial charge is 0.240 e. The third kappa shape index (κ3) is 4.49. The number of hydrogen-bond acceptors (Lipinski definition) is 4. The Labute approximate surface area is 143 Å². The van der Waals surface area contributed by atoms with Crippen LogP contribution in [0.1, 0.15) is 16.7 Å². The molecule has 24 heavy (non-hydrogen) atoms. The topological polar surface area (TPSA) is 64.6 Å². The Kier molecular flexibility index (Phi) is 5.85. The number of aryl methyl sites for hydroxylation is 3. The van der Waals surface area contributed by atoms with Gasteiger partial charge in [-0.2, -0.15) is 0 Å². The van der Waals surface area contributed by atoms with Gasteiger partial charge in [0.1, 0.15) is 18.1 Å². The number of sulfonamides is 1. The molecule has 0 aliphatic heterocycles. The highest BCUT2D eigenvalue weighted by Gasteiger charge is 2.13. The van der Waals surface area contributed by atoms with Crippen molar-refractivity contribution in [3.63, 3.8) is 0 Å². The summed E-state index contributed by atoms with van der Waals surface area (Å²) in [5, 5.41) is 0. The average molecular weight is 349 g/mol. The van der Waals surface area contributed by atoms with Crippen LogP contribution in [0.5, 0.6) is 11.5 Å². The van der Waals surface area contributed by atoms with Gasteiger partial charge in [0.25, 0.3) is 0 Å². The zero-order valence-electron chi connectivity index (χ0n) is 14.4. The van der Waals surface area contributed by atoms with Crippen molar-refractivity contribution in [1.82, 2.24) is 4.72 Å². The van der Waals surface area contributed by atoms with Crippen LogP contribution in [0.25, 0.3) is 0 Å². The molecule has 5 nitrogen and oxygen atoms in total. The lowest BCUT2D eigenvalue weighted by atomic mass is 10.1. The second-order valence-electron chi connectivity index (χ2n) is 5.62. The lowest BCUT2D eigenvalue weighted by molar-refractivity contribution is 0.320. The second-order valence-corrected chi connectivity index (χ2v) is 7.39. The number of nitrogens with one attached hydrogen (secondary N) is 1. The fourth-order valence-electron chi connectivity index (χ4n) is 2.26. The molecule has 0 aromatic heterocycles. The summed E-state index contributed by atoms with van der Waals surface area (Å²) in [5.41, 5.74) is 3.39. The van der Waals surface area contributed by atoms with Gasteiger partial charge in [0.05, 0.1) is 12.0 Å². The van der Waals surface area contributed by atoms with E-state index in [1.807, 2.05) is 19.9 Å². The Hall–Kier alpha value is -2.05. The zero-order chi connectivity index (χ0) is 17.7. The molecule has 0 unspecified atom stereocenters. The van der Waals surface area contributed by atoms with Crippen LogP contribution in [-0.2, 0) is 10.0 Å². The van der Waals surface area contributed by atoms with Gasteiger partial charge in [-0.25, -0.2) is 13.1 Å². The van der Waals surface area contributed by atoms with Crippen molar-refractivity contribution in [1.29, 1.82) is 0 Å². The molecule has 0 atom stereocenters. The highest BCUT2D eigenvalue weighted by molar-refractivity contribution is 7.89. The van der Waals surface area contributed by atoms with Gasteiger partial charge in [0.2, 0.25) is 10.0 Å². The van der Waals surface area contributed by atoms with Crippen molar-refractivity contribution < 1.29 is 17.9 Å². The Morgan fingerprint density at radius 1 is 0.958 bits per heavy atom. The standard InChI is InChI=1S/C18H23NO4S/c1-13-11-15(3)18(12-14(13)2)23-10-9-19-24(20,21)17-7-5-16(22-4)6-8-17/h5-8,11-12,19H,9-10H2,1-4H3. The number of rotatable bonds is 7. The monoisotopic (exact) mass is 349 g/mol. The molecule has 0 spiro atoms. The fourth-order valence-corrected chi connectivity index (χ4v) is 3.28. The van der Waals surface area contributed by atoms with Crippen molar-refractivity contribution in [3.05, 3.63) is 53.1 Å². The maximum absolute atomic E-state index is 12.2. The number of hydrogen-bond donors (Lipinski definition) is 1. The van der Waals surface area contributed by atoms with Crippen molar-refractivity contribution in [3.8, 4) is 11.5 Å². The van der Waals surface area contributed by atoms with Crippen molar-refractivity contribution in [2.75, 3.05) is 20.3 Å². The molecular weight excluding hydrogens is 326 g/mol. The third-order valence-corrected chi connectivity index (χ3v) is 5.29. The minimum atomic E-state index is -3.55. The molecule has 0 bridgehead atoms. The molecule has 2 aromatic carbocycles. The fraction of sp³-hybridized carbons (Fsp3) is 0.333. The minimum absolute atomic E-state index is 0.195. The summed E-state index contributed by atoms with van der Waals surface area (Å²) in [6, 6.07) is 10.3. The first-order valence-corrected chi connectivity index (χ1v) is 9.16. The third-order valence-electron chi connectivity index (χ3n) is 3.81. The zero-order valence-corrected chi connectivity index (χ0v) is 15.2. The van der Waals surface area contributed by atoms with Gasteiger partial charge in [-0.1, -0.05) is 6.07 Å². The lowest BCUT2D eigenvalue weighted by Crippen LogP contribution is -2.28. The maximum Gasteiger partial charge on any atom is 0.240 e. The largest absolute Gasteiger partial charge is 0.497 e. The van der Waals surface area contributed by atoms with E-state index in [4.69, 9.17) is 9.47 Å². The van der Waals surface area contributed by atoms with Crippen LogP contribution in [0.2, 0.25) is 0 Å². The van der Waals surface area contributed by atoms with E-state index in [-0.39, 0.29) is 18.0 Å². The lowest BCUT2D eigenvalue weighted by Gasteiger charge is -2.12. The van der Waals surface area contributed by atoms with E-state index in [0.717, 1.165) is 16.9 Å². The molecule has 0 amide bonds. The van der Waals surface area contributed by atoms with Crippen LogP contribution < -0.4 is 14.2 Å². The van der Waals surface area contributed by atoms with Crippen LogP contribution in [0.4, 0.5) is 0 Å². The van der Waals surface area contributed by atoms with Gasteiger partial charge in [-0.05, 0) is 67.8 Å². The first-order valence-electron chi connectivity index (χ1n) is 7.68. The predicted molar refractivity (Wildman–Crippen MR) is 94.3 cm³/mol. The molecule has 6 heteroatoms. The van der Waals surface area contributed by atoms with Crippen LogP contribution in [0.15, 0.2) is 41.3 Å². The molecular formula is C18H23NO4S. The molecule has 0 radical (unpaired) electrons. The van der Waals surface area contributed by atoms with Gasteiger partial charge < -0.3 is 9.47 Å². The summed E-state index contributed by atoms with van der Waals surface area (Å²) in [7, 11) is -2.01. The first kappa shape index (κ1) is 18.3. The van der Waals surface area contributed by atoms with Crippen LogP contribution in [0.3, 0.4) is 0 Å². The Bertz CT molecular complexity index is 799. The number of ether oxygens (including phenoxy) is 2. The predicted octanol–water partition coefficient (Wildman–Crippen LogP) is 2.98. The summed E-state index contributed by atoms with van der Waals surface area (Å²) in [6.07, 6.45) is 0. The van der Waals surface area contributed by atoms with E-state index in [0.29, 0.717) is 5.75 Å². The molecule has 1 N–H and O–H groups in total. The average Bonchev–Trinajstić information content (AvgIpc) is 2.56.